The molecule has 3 aliphatic heterocycles. The Morgan fingerprint density at radius 1 is 1.20 bits per heavy atom. The zero-order valence-electron chi connectivity index (χ0n) is 28.3. The minimum Gasteiger partial charge on any atom is -0.396 e. The zero-order chi connectivity index (χ0) is 33.2. The number of piperidine rings is 1. The van der Waals surface area contributed by atoms with E-state index in [4.69, 9.17) is 4.74 Å². The molecule has 0 aliphatic carbocycles. The van der Waals surface area contributed by atoms with Crippen LogP contribution in [0.3, 0.4) is 0 Å². The van der Waals surface area contributed by atoms with Crippen LogP contribution in [-0.2, 0) is 32.9 Å². The van der Waals surface area contributed by atoms with E-state index in [2.05, 4.69) is 43.2 Å². The van der Waals surface area contributed by atoms with Gasteiger partial charge in [-0.2, -0.15) is 0 Å². The molecule has 1 spiro atoms. The average Bonchev–Trinajstić information content (AvgIpc) is 3.64. The van der Waals surface area contributed by atoms with E-state index < -0.39 is 31.6 Å². The fourth-order valence-electron chi connectivity index (χ4n) is 7.61. The van der Waals surface area contributed by atoms with Crippen LogP contribution in [0.4, 0.5) is 15.5 Å². The van der Waals surface area contributed by atoms with Gasteiger partial charge in [0, 0.05) is 68.0 Å². The second kappa shape index (κ2) is 13.9. The molecule has 2 amide bonds. The molecule has 1 aromatic heterocycles. The lowest BCUT2D eigenvalue weighted by Gasteiger charge is -2.32. The van der Waals surface area contributed by atoms with Crippen LogP contribution in [0.2, 0.25) is 18.6 Å². The summed E-state index contributed by atoms with van der Waals surface area (Å²) in [5, 5.41) is 17.6. The first kappa shape index (κ1) is 34.2. The maximum atomic E-state index is 16.3. The number of amides is 2. The molecule has 11 heteroatoms. The molecule has 0 radical (unpaired) electrons. The van der Waals surface area contributed by atoms with Gasteiger partial charge < -0.3 is 23.8 Å². The van der Waals surface area contributed by atoms with Crippen molar-refractivity contribution in [2.24, 2.45) is 5.92 Å². The SMILES string of the molecule is CC(C)=CCC/C(C)=C/CN1C(=O)[C@@]2(O[C@@H](CCn3cc(CCO)nn3)[C@H]([Si](C)(C)F)[C@H]2C)c2cc(N3CCCCC3=O)ccc21. The molecular formula is C35H50FN5O4Si. The smallest absolute Gasteiger partial charge is 0.264 e. The summed E-state index contributed by atoms with van der Waals surface area (Å²) in [6, 6.07) is 5.84. The first-order chi connectivity index (χ1) is 21.9. The fourth-order valence-corrected chi connectivity index (χ4v) is 10.1. The first-order valence-corrected chi connectivity index (χ1v) is 19.7. The molecule has 0 unspecified atom stereocenters. The Labute approximate surface area is 273 Å². The third-order valence-electron chi connectivity index (χ3n) is 9.89. The highest BCUT2D eigenvalue weighted by Gasteiger charge is 2.66. The summed E-state index contributed by atoms with van der Waals surface area (Å²) in [5.74, 6) is -0.503. The summed E-state index contributed by atoms with van der Waals surface area (Å²) in [7, 11) is -3.34. The van der Waals surface area contributed by atoms with Crippen molar-refractivity contribution in [3.63, 3.8) is 0 Å². The second-order valence-electron chi connectivity index (χ2n) is 14.0. The summed E-state index contributed by atoms with van der Waals surface area (Å²) >= 11 is 0. The third-order valence-corrected chi connectivity index (χ3v) is 12.3. The van der Waals surface area contributed by atoms with E-state index in [-0.39, 0.29) is 18.4 Å². The normalized spacial score (nSPS) is 25.1. The predicted octanol–water partition coefficient (Wildman–Crippen LogP) is 6.23. The highest BCUT2D eigenvalue weighted by atomic mass is 28.4. The van der Waals surface area contributed by atoms with Crippen molar-refractivity contribution in [2.75, 3.05) is 29.5 Å². The van der Waals surface area contributed by atoms with Crippen molar-refractivity contribution in [3.8, 4) is 0 Å². The van der Waals surface area contributed by atoms with Crippen LogP contribution in [-0.4, -0.2) is 66.1 Å². The van der Waals surface area contributed by atoms with Crippen LogP contribution in [0.25, 0.3) is 0 Å². The zero-order valence-corrected chi connectivity index (χ0v) is 29.3. The molecule has 1 N–H and O–H groups in total. The van der Waals surface area contributed by atoms with Gasteiger partial charge in [-0.05, 0) is 84.2 Å². The molecule has 4 atom stereocenters. The van der Waals surface area contributed by atoms with Crippen LogP contribution >= 0.6 is 0 Å². The number of anilines is 2. The van der Waals surface area contributed by atoms with Crippen LogP contribution in [0, 0.1) is 5.92 Å². The Kier molecular flexibility index (Phi) is 10.3. The van der Waals surface area contributed by atoms with Crippen LogP contribution in [0.15, 0.2) is 47.7 Å². The molecule has 1 aromatic carbocycles. The van der Waals surface area contributed by atoms with E-state index in [9.17, 15) is 14.7 Å². The van der Waals surface area contributed by atoms with Crippen molar-refractivity contribution in [2.45, 2.75) is 110 Å². The highest BCUT2D eigenvalue weighted by molar-refractivity contribution is 6.72. The monoisotopic (exact) mass is 651 g/mol. The highest BCUT2D eigenvalue weighted by Crippen LogP contribution is 2.60. The number of aliphatic hydroxyl groups excluding tert-OH is 1. The minimum atomic E-state index is -3.34. The molecule has 46 heavy (non-hydrogen) atoms. The lowest BCUT2D eigenvalue weighted by atomic mass is 9.82. The summed E-state index contributed by atoms with van der Waals surface area (Å²) in [6.45, 7) is 13.1. The van der Waals surface area contributed by atoms with Gasteiger partial charge in [0.25, 0.3) is 5.91 Å². The van der Waals surface area contributed by atoms with Crippen molar-refractivity contribution in [1.82, 2.24) is 15.0 Å². The predicted molar refractivity (Wildman–Crippen MR) is 181 cm³/mol. The van der Waals surface area contributed by atoms with Gasteiger partial charge in [-0.15, -0.1) is 5.10 Å². The van der Waals surface area contributed by atoms with Gasteiger partial charge in [-0.25, -0.2) is 0 Å². The molecule has 3 aliphatic rings. The molecule has 9 nitrogen and oxygen atoms in total. The summed E-state index contributed by atoms with van der Waals surface area (Å²) in [6.07, 6.45) is 10.7. The standard InChI is InChI=1S/C35H50FN5O4Si/c1-24(2)10-9-11-25(3)15-20-41-30-14-13-28(40-18-8-7-12-32(40)43)22-29(30)35(34(41)44)26(4)33(46(5,6)36)31(45-35)16-19-39-23-27(17-21-42)37-38-39/h10,13-15,22-23,26,31,33,42H,7-9,11-12,16-21H2,1-6H3/b25-15+/t26-,31+,33-,35+/m1/s1. The van der Waals surface area contributed by atoms with Crippen molar-refractivity contribution in [3.05, 3.63) is 59.0 Å². The molecule has 250 valence electrons. The van der Waals surface area contributed by atoms with Crippen molar-refractivity contribution < 1.29 is 23.5 Å². The van der Waals surface area contributed by atoms with Crippen LogP contribution < -0.4 is 9.80 Å². The number of carbonyl (C=O) groups excluding carboxylic acids is 2. The van der Waals surface area contributed by atoms with E-state index in [1.54, 1.807) is 28.9 Å². The lowest BCUT2D eigenvalue weighted by molar-refractivity contribution is -0.145. The first-order valence-electron chi connectivity index (χ1n) is 16.8. The van der Waals surface area contributed by atoms with Crippen LogP contribution in [0.1, 0.15) is 77.5 Å². The third kappa shape index (κ3) is 6.77. The number of benzene rings is 1. The number of rotatable bonds is 12. The van der Waals surface area contributed by atoms with E-state index in [1.165, 1.54) is 11.1 Å². The van der Waals surface area contributed by atoms with Gasteiger partial charge in [0.05, 0.1) is 17.5 Å². The molecule has 5 rings (SSSR count). The molecule has 2 saturated heterocycles. The Morgan fingerprint density at radius 2 is 1.98 bits per heavy atom. The molecule has 0 bridgehead atoms. The van der Waals surface area contributed by atoms with E-state index >= 15 is 4.11 Å². The molecular weight excluding hydrogens is 602 g/mol. The van der Waals surface area contributed by atoms with Gasteiger partial charge in [0.2, 0.25) is 14.3 Å². The van der Waals surface area contributed by atoms with Crippen LogP contribution in [0.5, 0.6) is 0 Å². The molecule has 0 saturated carbocycles. The number of ether oxygens (including phenoxy) is 1. The number of hydrogen-bond acceptors (Lipinski definition) is 6. The minimum absolute atomic E-state index is 0.0125. The van der Waals surface area contributed by atoms with Gasteiger partial charge in [-0.3, -0.25) is 14.3 Å². The Morgan fingerprint density at radius 3 is 2.67 bits per heavy atom. The second-order valence-corrected chi connectivity index (χ2v) is 17.8. The number of fused-ring (bicyclic) bond motifs is 2. The topological polar surface area (TPSA) is 101 Å². The number of nitrogens with zero attached hydrogens (tertiary/aromatic N) is 5. The molecule has 2 fully saturated rings. The van der Waals surface area contributed by atoms with Gasteiger partial charge >= 0.3 is 0 Å². The van der Waals surface area contributed by atoms with E-state index in [0.29, 0.717) is 44.6 Å². The summed E-state index contributed by atoms with van der Waals surface area (Å²) in [4.78, 5) is 31.3. The van der Waals surface area contributed by atoms with Gasteiger partial charge in [0.1, 0.15) is 0 Å². The fraction of sp³-hybridized carbons (Fsp3) is 0.600. The average molecular weight is 652 g/mol. The van der Waals surface area contributed by atoms with E-state index in [0.717, 1.165) is 42.6 Å². The Hall–Kier alpha value is -3.15. The van der Waals surface area contributed by atoms with Crippen molar-refractivity contribution in [1.29, 1.82) is 0 Å². The maximum absolute atomic E-state index is 16.3. The van der Waals surface area contributed by atoms with E-state index in [1.807, 2.05) is 30.0 Å². The molecule has 4 heterocycles. The van der Waals surface area contributed by atoms with Gasteiger partial charge in [0.15, 0.2) is 5.60 Å². The Balaban J connectivity index is 1.52. The number of allylic oxidation sites excluding steroid dienone is 3. The maximum Gasteiger partial charge on any atom is 0.264 e. The largest absolute Gasteiger partial charge is 0.396 e. The summed E-state index contributed by atoms with van der Waals surface area (Å²) in [5.41, 5.74) is 3.63. The number of hydrogen-bond donors (Lipinski definition) is 1. The van der Waals surface area contributed by atoms with Gasteiger partial charge in [-0.1, -0.05) is 35.4 Å². The Bertz CT molecular complexity index is 1500. The number of aryl methyl sites for hydroxylation is 1. The van der Waals surface area contributed by atoms with Crippen molar-refractivity contribution >= 4 is 31.6 Å². The quantitative estimate of drug-likeness (QED) is 0.166. The molecule has 2 aromatic rings. The lowest BCUT2D eigenvalue weighted by Crippen LogP contribution is -2.45. The summed E-state index contributed by atoms with van der Waals surface area (Å²) < 4.78 is 25.0. The number of halogens is 1. The number of aromatic nitrogens is 3. The number of carbonyl (C=O) groups is 2. The number of aliphatic hydroxyl groups is 1.